The van der Waals surface area contributed by atoms with Crippen LogP contribution in [0.3, 0.4) is 0 Å². The zero-order valence-corrected chi connectivity index (χ0v) is 7.95. The zero-order valence-electron chi connectivity index (χ0n) is 5.62. The van der Waals surface area contributed by atoms with Gasteiger partial charge in [-0.15, -0.1) is 11.3 Å². The molecule has 0 amide bonds. The molecule has 0 bridgehead atoms. The van der Waals surface area contributed by atoms with Gasteiger partial charge in [0.1, 0.15) is 5.69 Å². The van der Waals surface area contributed by atoms with Crippen molar-refractivity contribution in [2.24, 2.45) is 0 Å². The molecule has 0 unspecified atom stereocenters. The summed E-state index contributed by atoms with van der Waals surface area (Å²) in [5.74, 6) is 0. The average Bonchev–Trinajstić information content (AvgIpc) is 2.44. The number of thiazole rings is 1. The zero-order chi connectivity index (χ0) is 8.72. The number of hydrogen-bond acceptors (Lipinski definition) is 3. The number of carbonyl (C=O) groups is 1. The SMILES string of the molecule is O=C(Cl)c1c(Cl)nc2sccn12. The molecule has 0 aliphatic rings. The van der Waals surface area contributed by atoms with Crippen LogP contribution >= 0.6 is 34.5 Å². The lowest BCUT2D eigenvalue weighted by atomic mass is 10.5. The Morgan fingerprint density at radius 2 is 2.42 bits per heavy atom. The second-order valence-electron chi connectivity index (χ2n) is 2.08. The first-order chi connectivity index (χ1) is 5.70. The van der Waals surface area contributed by atoms with E-state index < -0.39 is 5.24 Å². The third-order valence-electron chi connectivity index (χ3n) is 1.41. The van der Waals surface area contributed by atoms with Crippen molar-refractivity contribution in [1.29, 1.82) is 0 Å². The topological polar surface area (TPSA) is 34.4 Å². The molecule has 0 aliphatic carbocycles. The van der Waals surface area contributed by atoms with Crippen molar-refractivity contribution in [3.8, 4) is 0 Å². The number of aromatic nitrogens is 2. The third-order valence-corrected chi connectivity index (χ3v) is 2.60. The van der Waals surface area contributed by atoms with Gasteiger partial charge in [-0.2, -0.15) is 0 Å². The molecule has 0 aromatic carbocycles. The Balaban J connectivity index is 2.84. The fourth-order valence-electron chi connectivity index (χ4n) is 0.935. The summed E-state index contributed by atoms with van der Waals surface area (Å²) in [4.78, 5) is 15.5. The lowest BCUT2D eigenvalue weighted by Crippen LogP contribution is -1.93. The molecule has 2 heterocycles. The van der Waals surface area contributed by atoms with Crippen LogP contribution in [0.1, 0.15) is 10.5 Å². The molecule has 2 aromatic heterocycles. The van der Waals surface area contributed by atoms with Gasteiger partial charge in [0, 0.05) is 11.6 Å². The van der Waals surface area contributed by atoms with Crippen LogP contribution < -0.4 is 0 Å². The van der Waals surface area contributed by atoms with Gasteiger partial charge in [0.05, 0.1) is 0 Å². The molecule has 0 N–H and O–H groups in total. The van der Waals surface area contributed by atoms with Gasteiger partial charge >= 0.3 is 0 Å². The highest BCUT2D eigenvalue weighted by atomic mass is 35.5. The van der Waals surface area contributed by atoms with Gasteiger partial charge in [-0.1, -0.05) is 11.6 Å². The first-order valence-corrected chi connectivity index (χ1v) is 4.64. The highest BCUT2D eigenvalue weighted by Gasteiger charge is 2.16. The molecular formula is C6H2Cl2N2OS. The quantitative estimate of drug-likeness (QED) is 0.693. The van der Waals surface area contributed by atoms with Crippen LogP contribution in [-0.4, -0.2) is 14.6 Å². The summed E-state index contributed by atoms with van der Waals surface area (Å²) in [5, 5.41) is 1.37. The number of imidazole rings is 1. The number of hydrogen-bond donors (Lipinski definition) is 0. The fraction of sp³-hybridized carbons (Fsp3) is 0. The Labute approximate surface area is 81.5 Å². The molecule has 0 aliphatic heterocycles. The predicted octanol–water partition coefficient (Wildman–Crippen LogP) is 2.43. The number of carbonyl (C=O) groups excluding carboxylic acids is 1. The number of fused-ring (bicyclic) bond motifs is 1. The molecule has 3 nitrogen and oxygen atoms in total. The van der Waals surface area contributed by atoms with Crippen molar-refractivity contribution in [2.45, 2.75) is 0 Å². The molecule has 12 heavy (non-hydrogen) atoms. The molecule has 0 saturated heterocycles. The van der Waals surface area contributed by atoms with Crippen molar-refractivity contribution >= 4 is 44.7 Å². The largest absolute Gasteiger partial charge is 0.285 e. The van der Waals surface area contributed by atoms with E-state index in [1.807, 2.05) is 5.38 Å². The lowest BCUT2D eigenvalue weighted by Gasteiger charge is -1.88. The van der Waals surface area contributed by atoms with Gasteiger partial charge in [-0.3, -0.25) is 9.20 Å². The van der Waals surface area contributed by atoms with E-state index >= 15 is 0 Å². The first kappa shape index (κ1) is 8.04. The highest BCUT2D eigenvalue weighted by molar-refractivity contribution is 7.15. The predicted molar refractivity (Wildman–Crippen MR) is 48.3 cm³/mol. The van der Waals surface area contributed by atoms with Crippen LogP contribution in [0.2, 0.25) is 5.15 Å². The monoisotopic (exact) mass is 220 g/mol. The second-order valence-corrected chi connectivity index (χ2v) is 3.65. The van der Waals surface area contributed by atoms with Crippen LogP contribution in [0.4, 0.5) is 0 Å². The van der Waals surface area contributed by atoms with Crippen LogP contribution in [-0.2, 0) is 0 Å². The van der Waals surface area contributed by atoms with Gasteiger partial charge < -0.3 is 0 Å². The van der Waals surface area contributed by atoms with Crippen molar-refractivity contribution in [3.05, 3.63) is 22.4 Å². The normalized spacial score (nSPS) is 10.8. The van der Waals surface area contributed by atoms with E-state index in [1.54, 1.807) is 10.6 Å². The van der Waals surface area contributed by atoms with Gasteiger partial charge in [0.2, 0.25) is 0 Å². The molecule has 0 atom stereocenters. The van der Waals surface area contributed by atoms with Gasteiger partial charge in [0.25, 0.3) is 5.24 Å². The van der Waals surface area contributed by atoms with E-state index in [9.17, 15) is 4.79 Å². The summed E-state index contributed by atoms with van der Waals surface area (Å²) in [7, 11) is 0. The fourth-order valence-corrected chi connectivity index (χ4v) is 2.19. The molecule has 0 radical (unpaired) electrons. The van der Waals surface area contributed by atoms with Crippen LogP contribution in [0, 0.1) is 0 Å². The maximum Gasteiger partial charge on any atom is 0.272 e. The molecule has 0 spiro atoms. The summed E-state index contributed by atoms with van der Waals surface area (Å²) >= 11 is 12.4. The van der Waals surface area contributed by atoms with E-state index in [4.69, 9.17) is 23.2 Å². The smallest absolute Gasteiger partial charge is 0.272 e. The average molecular weight is 221 g/mol. The summed E-state index contributed by atoms with van der Waals surface area (Å²) in [6.45, 7) is 0. The number of nitrogens with zero attached hydrogens (tertiary/aromatic N) is 2. The standard InChI is InChI=1S/C6H2Cl2N2OS/c7-4-3(5(8)11)10-1-2-12-6(10)9-4/h1-2H. The van der Waals surface area contributed by atoms with Gasteiger partial charge in [0.15, 0.2) is 10.1 Å². The third kappa shape index (κ3) is 1.03. The summed E-state index contributed by atoms with van der Waals surface area (Å²) in [6, 6.07) is 0. The Morgan fingerprint density at radius 1 is 1.67 bits per heavy atom. The van der Waals surface area contributed by atoms with Gasteiger partial charge in [-0.25, -0.2) is 4.98 Å². The molecule has 0 saturated carbocycles. The molecule has 62 valence electrons. The molecule has 2 aromatic rings. The van der Waals surface area contributed by atoms with Crippen LogP contribution in [0.15, 0.2) is 11.6 Å². The van der Waals surface area contributed by atoms with E-state index in [-0.39, 0.29) is 10.8 Å². The van der Waals surface area contributed by atoms with Crippen LogP contribution in [0.5, 0.6) is 0 Å². The molecule has 0 fully saturated rings. The number of halogens is 2. The Kier molecular flexibility index (Phi) is 1.83. The van der Waals surface area contributed by atoms with Crippen molar-refractivity contribution < 1.29 is 4.79 Å². The first-order valence-electron chi connectivity index (χ1n) is 3.01. The van der Waals surface area contributed by atoms with Gasteiger partial charge in [-0.05, 0) is 11.6 Å². The van der Waals surface area contributed by atoms with Crippen LogP contribution in [0.25, 0.3) is 4.96 Å². The highest BCUT2D eigenvalue weighted by Crippen LogP contribution is 2.22. The van der Waals surface area contributed by atoms with Crippen molar-refractivity contribution in [3.63, 3.8) is 0 Å². The summed E-state index contributed by atoms with van der Waals surface area (Å²) < 4.78 is 1.57. The molecular weight excluding hydrogens is 219 g/mol. The minimum atomic E-state index is -0.592. The molecule has 6 heteroatoms. The van der Waals surface area contributed by atoms with E-state index in [1.165, 1.54) is 11.3 Å². The summed E-state index contributed by atoms with van der Waals surface area (Å²) in [5.41, 5.74) is 0.231. The lowest BCUT2D eigenvalue weighted by molar-refractivity contribution is 0.107. The Hall–Kier alpha value is -0.580. The van der Waals surface area contributed by atoms with Crippen molar-refractivity contribution in [1.82, 2.24) is 9.38 Å². The van der Waals surface area contributed by atoms with Crippen molar-refractivity contribution in [2.75, 3.05) is 0 Å². The van der Waals surface area contributed by atoms with E-state index in [2.05, 4.69) is 4.98 Å². The maximum atomic E-state index is 10.9. The minimum absolute atomic E-state index is 0.154. The second kappa shape index (κ2) is 2.73. The maximum absolute atomic E-state index is 10.9. The molecule has 2 rings (SSSR count). The number of rotatable bonds is 1. The minimum Gasteiger partial charge on any atom is -0.285 e. The Bertz CT molecular complexity index is 447. The van der Waals surface area contributed by atoms with E-state index in [0.29, 0.717) is 4.96 Å². The Morgan fingerprint density at radius 3 is 3.08 bits per heavy atom. The summed E-state index contributed by atoms with van der Waals surface area (Å²) in [6.07, 6.45) is 1.70. The van der Waals surface area contributed by atoms with E-state index in [0.717, 1.165) is 0 Å².